The summed E-state index contributed by atoms with van der Waals surface area (Å²) in [7, 11) is 0. The molecule has 1 unspecified atom stereocenters. The van der Waals surface area contributed by atoms with Crippen LogP contribution in [0, 0.1) is 5.92 Å². The van der Waals surface area contributed by atoms with Crippen molar-refractivity contribution < 1.29 is 5.11 Å². The summed E-state index contributed by atoms with van der Waals surface area (Å²) in [5, 5.41) is 16.5. The van der Waals surface area contributed by atoms with Crippen LogP contribution in [0.1, 0.15) is 49.7 Å². The van der Waals surface area contributed by atoms with Crippen LogP contribution in [-0.4, -0.2) is 22.7 Å². The number of rotatable bonds is 7. The predicted molar refractivity (Wildman–Crippen MR) is 71.3 cm³/mol. The molecular formula is C13H22N2OS. The van der Waals surface area contributed by atoms with Crippen molar-refractivity contribution in [3.8, 4) is 0 Å². The average Bonchev–Trinajstić information content (AvgIpc) is 3.04. The van der Waals surface area contributed by atoms with Gasteiger partial charge in [-0.3, -0.25) is 0 Å². The predicted octanol–water partition coefficient (Wildman–Crippen LogP) is 2.52. The van der Waals surface area contributed by atoms with Gasteiger partial charge in [0.25, 0.3) is 0 Å². The average molecular weight is 254 g/mol. The van der Waals surface area contributed by atoms with Gasteiger partial charge >= 0.3 is 0 Å². The van der Waals surface area contributed by atoms with Gasteiger partial charge in [0.1, 0.15) is 0 Å². The van der Waals surface area contributed by atoms with Gasteiger partial charge in [-0.15, -0.1) is 11.3 Å². The molecular weight excluding hydrogens is 232 g/mol. The molecule has 0 bridgehead atoms. The Morgan fingerprint density at radius 1 is 1.53 bits per heavy atom. The number of nitrogens with zero attached hydrogens (tertiary/aromatic N) is 1. The number of hydrogen-bond donors (Lipinski definition) is 2. The molecule has 96 valence electrons. The van der Waals surface area contributed by atoms with Crippen molar-refractivity contribution in [2.75, 3.05) is 6.54 Å². The lowest BCUT2D eigenvalue weighted by molar-refractivity contribution is 0.116. The molecule has 3 nitrogen and oxygen atoms in total. The zero-order chi connectivity index (χ0) is 12.3. The molecule has 1 aromatic rings. The van der Waals surface area contributed by atoms with Crippen molar-refractivity contribution in [1.29, 1.82) is 0 Å². The highest BCUT2D eigenvalue weighted by atomic mass is 32.1. The summed E-state index contributed by atoms with van der Waals surface area (Å²) in [5.41, 5.74) is 1.15. The fourth-order valence-corrected chi connectivity index (χ4v) is 2.71. The lowest BCUT2D eigenvalue weighted by atomic mass is 10.0. The van der Waals surface area contributed by atoms with Crippen LogP contribution in [0.5, 0.6) is 0 Å². The van der Waals surface area contributed by atoms with Gasteiger partial charge in [-0.2, -0.15) is 0 Å². The summed E-state index contributed by atoms with van der Waals surface area (Å²) in [6, 6.07) is 0. The smallest absolute Gasteiger partial charge is 0.0959 e. The number of thiazole rings is 1. The zero-order valence-electron chi connectivity index (χ0n) is 10.6. The Balaban J connectivity index is 1.64. The molecule has 2 rings (SSSR count). The van der Waals surface area contributed by atoms with Gasteiger partial charge in [-0.1, -0.05) is 13.8 Å². The van der Waals surface area contributed by atoms with Crippen LogP contribution in [0.2, 0.25) is 0 Å². The molecule has 0 aromatic carbocycles. The largest absolute Gasteiger partial charge is 0.393 e. The highest BCUT2D eigenvalue weighted by molar-refractivity contribution is 7.09. The van der Waals surface area contributed by atoms with E-state index in [1.54, 1.807) is 11.3 Å². The van der Waals surface area contributed by atoms with E-state index in [-0.39, 0.29) is 6.10 Å². The Bertz CT molecular complexity index is 347. The Labute approximate surface area is 107 Å². The third-order valence-electron chi connectivity index (χ3n) is 3.19. The zero-order valence-corrected chi connectivity index (χ0v) is 11.5. The van der Waals surface area contributed by atoms with E-state index in [0.717, 1.165) is 31.1 Å². The highest BCUT2D eigenvalue weighted by Gasteiger charge is 2.26. The van der Waals surface area contributed by atoms with E-state index in [1.807, 2.05) is 13.8 Å². The molecule has 0 spiro atoms. The number of aliphatic hydroxyl groups is 1. The second kappa shape index (κ2) is 5.94. The third-order valence-corrected chi connectivity index (χ3v) is 4.24. The minimum atomic E-state index is -0.194. The number of aliphatic hydroxyl groups excluding tert-OH is 1. The molecule has 0 aliphatic heterocycles. The minimum Gasteiger partial charge on any atom is -0.393 e. The van der Waals surface area contributed by atoms with Crippen molar-refractivity contribution in [2.45, 2.75) is 51.7 Å². The van der Waals surface area contributed by atoms with Gasteiger partial charge in [0.15, 0.2) is 0 Å². The maximum Gasteiger partial charge on any atom is 0.0959 e. The van der Waals surface area contributed by atoms with Crippen LogP contribution < -0.4 is 5.32 Å². The molecule has 1 fully saturated rings. The number of hydrogen-bond acceptors (Lipinski definition) is 4. The van der Waals surface area contributed by atoms with E-state index >= 15 is 0 Å². The van der Waals surface area contributed by atoms with E-state index in [4.69, 9.17) is 0 Å². The third kappa shape index (κ3) is 4.05. The summed E-state index contributed by atoms with van der Waals surface area (Å²) < 4.78 is 0. The van der Waals surface area contributed by atoms with Crippen molar-refractivity contribution in [1.82, 2.24) is 10.3 Å². The molecule has 2 N–H and O–H groups in total. The Hall–Kier alpha value is -0.450. The van der Waals surface area contributed by atoms with E-state index < -0.39 is 0 Å². The van der Waals surface area contributed by atoms with Gasteiger partial charge in [-0.25, -0.2) is 4.98 Å². The van der Waals surface area contributed by atoms with Crippen molar-refractivity contribution >= 4 is 11.3 Å². The van der Waals surface area contributed by atoms with E-state index in [2.05, 4.69) is 15.7 Å². The summed E-state index contributed by atoms with van der Waals surface area (Å²) >= 11 is 1.79. The molecule has 4 heteroatoms. The van der Waals surface area contributed by atoms with Gasteiger partial charge in [-0.05, 0) is 31.7 Å². The van der Waals surface area contributed by atoms with Crippen LogP contribution >= 0.6 is 11.3 Å². The topological polar surface area (TPSA) is 45.1 Å². The molecule has 1 aliphatic carbocycles. The first kappa shape index (κ1) is 13.0. The molecule has 0 amide bonds. The Morgan fingerprint density at radius 2 is 2.29 bits per heavy atom. The number of nitrogens with one attached hydrogen (secondary N) is 1. The molecule has 1 aromatic heterocycles. The van der Waals surface area contributed by atoms with E-state index in [0.29, 0.717) is 5.92 Å². The van der Waals surface area contributed by atoms with Gasteiger partial charge in [0.05, 0.1) is 16.8 Å². The second-order valence-corrected chi connectivity index (χ2v) is 6.12. The van der Waals surface area contributed by atoms with Gasteiger partial charge in [0.2, 0.25) is 0 Å². The highest BCUT2D eigenvalue weighted by Crippen LogP contribution is 2.41. The summed E-state index contributed by atoms with van der Waals surface area (Å²) in [4.78, 5) is 4.62. The maximum absolute atomic E-state index is 9.66. The molecule has 1 atom stereocenters. The maximum atomic E-state index is 9.66. The Kier molecular flexibility index (Phi) is 4.54. The molecule has 0 saturated heterocycles. The standard InChI is InChI=1S/C13H22N2OS/c1-9(2)12(16)5-6-14-7-11-8-17-13(15-11)10-3-4-10/h8-10,12,14,16H,3-7H2,1-2H3. The van der Waals surface area contributed by atoms with Crippen LogP contribution in [0.15, 0.2) is 5.38 Å². The van der Waals surface area contributed by atoms with E-state index in [9.17, 15) is 5.11 Å². The monoisotopic (exact) mass is 254 g/mol. The fraction of sp³-hybridized carbons (Fsp3) is 0.769. The van der Waals surface area contributed by atoms with Crippen LogP contribution in [0.4, 0.5) is 0 Å². The first-order chi connectivity index (χ1) is 8.16. The second-order valence-electron chi connectivity index (χ2n) is 5.23. The molecule has 17 heavy (non-hydrogen) atoms. The molecule has 1 heterocycles. The first-order valence-corrected chi connectivity index (χ1v) is 7.38. The van der Waals surface area contributed by atoms with Crippen LogP contribution in [-0.2, 0) is 6.54 Å². The SMILES string of the molecule is CC(C)C(O)CCNCc1csc(C2CC2)n1. The summed E-state index contributed by atoms with van der Waals surface area (Å²) in [6.07, 6.45) is 3.26. The lowest BCUT2D eigenvalue weighted by Crippen LogP contribution is -2.23. The normalized spacial score (nSPS) is 17.6. The van der Waals surface area contributed by atoms with Crippen molar-refractivity contribution in [3.63, 3.8) is 0 Å². The quantitative estimate of drug-likeness (QED) is 0.735. The van der Waals surface area contributed by atoms with E-state index in [1.165, 1.54) is 17.8 Å². The van der Waals surface area contributed by atoms with Gasteiger partial charge < -0.3 is 10.4 Å². The Morgan fingerprint density at radius 3 is 2.94 bits per heavy atom. The molecule has 1 aliphatic rings. The van der Waals surface area contributed by atoms with Crippen molar-refractivity contribution in [2.24, 2.45) is 5.92 Å². The number of aromatic nitrogens is 1. The van der Waals surface area contributed by atoms with Gasteiger partial charge in [0, 0.05) is 17.8 Å². The summed E-state index contributed by atoms with van der Waals surface area (Å²) in [6.45, 7) is 5.78. The minimum absolute atomic E-state index is 0.194. The first-order valence-electron chi connectivity index (χ1n) is 6.50. The fourth-order valence-electron chi connectivity index (χ4n) is 1.72. The summed E-state index contributed by atoms with van der Waals surface area (Å²) in [5.74, 6) is 1.11. The van der Waals surface area contributed by atoms with Crippen LogP contribution in [0.25, 0.3) is 0 Å². The molecule has 1 saturated carbocycles. The molecule has 0 radical (unpaired) electrons. The lowest BCUT2D eigenvalue weighted by Gasteiger charge is -2.14. The van der Waals surface area contributed by atoms with Crippen LogP contribution in [0.3, 0.4) is 0 Å². The van der Waals surface area contributed by atoms with Crippen molar-refractivity contribution in [3.05, 3.63) is 16.1 Å².